The Morgan fingerprint density at radius 2 is 1.79 bits per heavy atom. The van der Waals surface area contributed by atoms with Crippen LogP contribution in [-0.4, -0.2) is 17.5 Å². The molecule has 0 radical (unpaired) electrons. The monoisotopic (exact) mass is 292 g/mol. The molecular weight excluding hydrogens is 277 g/mol. The molecule has 1 aromatic rings. The molecule has 1 rings (SSSR count). The van der Waals surface area contributed by atoms with Gasteiger partial charge in [0, 0.05) is 10.6 Å². The molecule has 0 aliphatic rings. The fourth-order valence-corrected chi connectivity index (χ4v) is 1.81. The summed E-state index contributed by atoms with van der Waals surface area (Å²) in [6, 6.07) is 4.78. The fourth-order valence-electron chi connectivity index (χ4n) is 1.27. The molecule has 1 atom stereocenters. The van der Waals surface area contributed by atoms with E-state index < -0.39 is 11.6 Å². The highest BCUT2D eigenvalue weighted by Crippen LogP contribution is 2.37. The van der Waals surface area contributed by atoms with Gasteiger partial charge >= 0.3 is 5.51 Å². The summed E-state index contributed by atoms with van der Waals surface area (Å²) in [6.45, 7) is 3.63. The van der Waals surface area contributed by atoms with E-state index >= 15 is 0 Å². The molecule has 0 aliphatic carbocycles. The second kappa shape index (κ2) is 6.29. The third-order valence-corrected chi connectivity index (χ3v) is 3.12. The zero-order chi connectivity index (χ0) is 14.6. The van der Waals surface area contributed by atoms with Crippen LogP contribution in [0.2, 0.25) is 0 Å². The molecule has 0 bridgehead atoms. The molecule has 0 heterocycles. The largest absolute Gasteiger partial charge is 0.446 e. The van der Waals surface area contributed by atoms with E-state index in [1.54, 1.807) is 0 Å². The van der Waals surface area contributed by atoms with Crippen molar-refractivity contribution in [2.24, 2.45) is 11.7 Å². The number of anilines is 1. The smallest absolute Gasteiger partial charge is 0.325 e. The zero-order valence-corrected chi connectivity index (χ0v) is 11.3. The number of nitrogens with two attached hydrogens (primary N) is 1. The third kappa shape index (κ3) is 5.52. The fraction of sp³-hybridized carbons (Fsp3) is 0.417. The van der Waals surface area contributed by atoms with E-state index in [0.29, 0.717) is 5.69 Å². The van der Waals surface area contributed by atoms with Gasteiger partial charge in [0.2, 0.25) is 5.91 Å². The minimum Gasteiger partial charge on any atom is -0.325 e. The van der Waals surface area contributed by atoms with Crippen LogP contribution < -0.4 is 11.1 Å². The normalized spacial score (nSPS) is 13.4. The quantitative estimate of drug-likeness (QED) is 0.838. The molecule has 0 aromatic heterocycles. The number of alkyl halides is 3. The molecule has 0 unspecified atom stereocenters. The van der Waals surface area contributed by atoms with E-state index in [-0.39, 0.29) is 28.5 Å². The summed E-state index contributed by atoms with van der Waals surface area (Å²) < 4.78 is 36.4. The van der Waals surface area contributed by atoms with Crippen molar-refractivity contribution in [3.8, 4) is 0 Å². The van der Waals surface area contributed by atoms with Gasteiger partial charge in [-0.2, -0.15) is 13.2 Å². The molecule has 0 saturated carbocycles. The molecule has 0 fully saturated rings. The lowest BCUT2D eigenvalue weighted by Crippen LogP contribution is -2.39. The van der Waals surface area contributed by atoms with Gasteiger partial charge in [-0.25, -0.2) is 0 Å². The standard InChI is InChI=1S/C12H15F3N2OS/c1-7(2)10(16)11(18)17-8-3-5-9(6-4-8)19-12(13,14)15/h3-7,10H,16H2,1-2H3,(H,17,18)/t10-/m0/s1. The van der Waals surface area contributed by atoms with Crippen molar-refractivity contribution in [1.82, 2.24) is 0 Å². The highest BCUT2D eigenvalue weighted by atomic mass is 32.2. The van der Waals surface area contributed by atoms with Gasteiger partial charge in [0.05, 0.1) is 6.04 Å². The van der Waals surface area contributed by atoms with Crippen molar-refractivity contribution in [3.63, 3.8) is 0 Å². The first kappa shape index (κ1) is 15.8. The topological polar surface area (TPSA) is 55.1 Å². The van der Waals surface area contributed by atoms with Gasteiger partial charge in [-0.15, -0.1) is 0 Å². The van der Waals surface area contributed by atoms with Crippen molar-refractivity contribution >= 4 is 23.4 Å². The van der Waals surface area contributed by atoms with E-state index in [9.17, 15) is 18.0 Å². The second-order valence-corrected chi connectivity index (χ2v) is 5.47. The molecule has 106 valence electrons. The molecule has 19 heavy (non-hydrogen) atoms. The van der Waals surface area contributed by atoms with Crippen LogP contribution in [0.5, 0.6) is 0 Å². The Morgan fingerprint density at radius 1 is 1.26 bits per heavy atom. The number of thioether (sulfide) groups is 1. The summed E-state index contributed by atoms with van der Waals surface area (Å²) in [4.78, 5) is 11.7. The number of nitrogens with one attached hydrogen (secondary N) is 1. The maximum absolute atomic E-state index is 12.1. The Kier molecular flexibility index (Phi) is 5.25. The number of rotatable bonds is 4. The summed E-state index contributed by atoms with van der Waals surface area (Å²) in [7, 11) is 0. The van der Waals surface area contributed by atoms with Gasteiger partial charge in [-0.05, 0) is 41.9 Å². The summed E-state index contributed by atoms with van der Waals surface area (Å²) in [5, 5.41) is 2.56. The van der Waals surface area contributed by atoms with Crippen LogP contribution in [0.4, 0.5) is 18.9 Å². The van der Waals surface area contributed by atoms with Crippen LogP contribution >= 0.6 is 11.8 Å². The number of benzene rings is 1. The van der Waals surface area contributed by atoms with Gasteiger partial charge in [-0.3, -0.25) is 4.79 Å². The van der Waals surface area contributed by atoms with Crippen molar-refractivity contribution < 1.29 is 18.0 Å². The SMILES string of the molecule is CC(C)[C@H](N)C(=O)Nc1ccc(SC(F)(F)F)cc1. The Balaban J connectivity index is 2.65. The van der Waals surface area contributed by atoms with E-state index in [4.69, 9.17) is 5.73 Å². The Morgan fingerprint density at radius 3 is 2.21 bits per heavy atom. The highest BCUT2D eigenvalue weighted by molar-refractivity contribution is 8.00. The van der Waals surface area contributed by atoms with Crippen molar-refractivity contribution in [2.75, 3.05) is 5.32 Å². The average molecular weight is 292 g/mol. The third-order valence-electron chi connectivity index (χ3n) is 2.38. The van der Waals surface area contributed by atoms with E-state index in [1.807, 2.05) is 13.8 Å². The predicted octanol–water partition coefficient (Wildman–Crippen LogP) is 3.22. The summed E-state index contributed by atoms with van der Waals surface area (Å²) in [5.74, 6) is -0.369. The minimum atomic E-state index is -4.31. The summed E-state index contributed by atoms with van der Waals surface area (Å²) in [5.41, 5.74) is 1.77. The first-order chi connectivity index (χ1) is 8.69. The van der Waals surface area contributed by atoms with E-state index in [2.05, 4.69) is 5.32 Å². The van der Waals surface area contributed by atoms with E-state index in [1.165, 1.54) is 24.3 Å². The molecule has 0 saturated heterocycles. The molecule has 0 aliphatic heterocycles. The maximum Gasteiger partial charge on any atom is 0.446 e. The lowest BCUT2D eigenvalue weighted by molar-refractivity contribution is -0.118. The van der Waals surface area contributed by atoms with Crippen molar-refractivity contribution in [3.05, 3.63) is 24.3 Å². The summed E-state index contributed by atoms with van der Waals surface area (Å²) in [6.07, 6.45) is 0. The van der Waals surface area contributed by atoms with Gasteiger partial charge in [0.25, 0.3) is 0 Å². The lowest BCUT2D eigenvalue weighted by atomic mass is 10.1. The predicted molar refractivity (Wildman–Crippen MR) is 69.8 cm³/mol. The molecular formula is C12H15F3N2OS. The minimum absolute atomic E-state index is 0.0138. The Labute approximate surface area is 113 Å². The number of amides is 1. The number of carbonyl (C=O) groups is 1. The van der Waals surface area contributed by atoms with Crippen molar-refractivity contribution in [1.29, 1.82) is 0 Å². The van der Waals surface area contributed by atoms with Crippen LogP contribution in [-0.2, 0) is 4.79 Å². The van der Waals surface area contributed by atoms with Gasteiger partial charge in [0.15, 0.2) is 0 Å². The van der Waals surface area contributed by atoms with Crippen LogP contribution in [0.1, 0.15) is 13.8 Å². The van der Waals surface area contributed by atoms with Crippen LogP contribution in [0, 0.1) is 5.92 Å². The average Bonchev–Trinajstić information content (AvgIpc) is 2.28. The van der Waals surface area contributed by atoms with E-state index in [0.717, 1.165) is 0 Å². The van der Waals surface area contributed by atoms with Gasteiger partial charge < -0.3 is 11.1 Å². The molecule has 7 heteroatoms. The molecule has 0 spiro atoms. The van der Waals surface area contributed by atoms with Gasteiger partial charge in [0.1, 0.15) is 0 Å². The Hall–Kier alpha value is -1.21. The van der Waals surface area contributed by atoms with Crippen LogP contribution in [0.15, 0.2) is 29.2 Å². The van der Waals surface area contributed by atoms with Crippen LogP contribution in [0.25, 0.3) is 0 Å². The number of carbonyl (C=O) groups excluding carboxylic acids is 1. The van der Waals surface area contributed by atoms with Crippen molar-refractivity contribution in [2.45, 2.75) is 30.3 Å². The second-order valence-electron chi connectivity index (χ2n) is 4.33. The zero-order valence-electron chi connectivity index (χ0n) is 10.5. The number of hydrogen-bond donors (Lipinski definition) is 2. The summed E-state index contributed by atoms with van der Waals surface area (Å²) >= 11 is -0.198. The molecule has 3 nitrogen and oxygen atoms in total. The molecule has 3 N–H and O–H groups in total. The Bertz CT molecular complexity index is 432. The van der Waals surface area contributed by atoms with Crippen LogP contribution in [0.3, 0.4) is 0 Å². The molecule has 1 amide bonds. The first-order valence-electron chi connectivity index (χ1n) is 5.61. The highest BCUT2D eigenvalue weighted by Gasteiger charge is 2.29. The lowest BCUT2D eigenvalue weighted by Gasteiger charge is -2.15. The van der Waals surface area contributed by atoms with Gasteiger partial charge in [-0.1, -0.05) is 13.8 Å². The molecule has 1 aromatic carbocycles. The first-order valence-corrected chi connectivity index (χ1v) is 6.43. The number of hydrogen-bond acceptors (Lipinski definition) is 3. The maximum atomic E-state index is 12.1. The number of halogens is 3.